The molecule has 2 heterocycles. The minimum absolute atomic E-state index is 0.0745. The van der Waals surface area contributed by atoms with Crippen LogP contribution in [0.4, 0.5) is 0 Å². The number of nitrogens with zero attached hydrogens (tertiary/aromatic N) is 2. The van der Waals surface area contributed by atoms with Crippen molar-refractivity contribution in [1.29, 1.82) is 0 Å². The third kappa shape index (κ3) is 4.26. The molecule has 28 heavy (non-hydrogen) atoms. The number of hydrogen-bond donors (Lipinski definition) is 1. The Balaban J connectivity index is 1.78. The third-order valence-corrected chi connectivity index (χ3v) is 5.90. The number of thiophene rings is 1. The summed E-state index contributed by atoms with van der Waals surface area (Å²) >= 11 is 7.68. The molecular weight excluding hydrogens is 398 g/mol. The Hall–Kier alpha value is -2.64. The van der Waals surface area contributed by atoms with Crippen molar-refractivity contribution < 1.29 is 14.3 Å². The zero-order valence-electron chi connectivity index (χ0n) is 15.7. The van der Waals surface area contributed by atoms with Crippen LogP contribution < -0.4 is 5.32 Å². The molecule has 2 aromatic heterocycles. The zero-order valence-corrected chi connectivity index (χ0v) is 17.3. The van der Waals surface area contributed by atoms with Gasteiger partial charge in [-0.05, 0) is 49.6 Å². The van der Waals surface area contributed by atoms with E-state index in [2.05, 4.69) is 10.4 Å². The molecule has 146 valence electrons. The summed E-state index contributed by atoms with van der Waals surface area (Å²) in [5, 5.41) is 9.86. The number of ether oxygens (including phenoxy) is 1. The van der Waals surface area contributed by atoms with E-state index in [4.69, 9.17) is 16.3 Å². The molecule has 1 aromatic carbocycles. The van der Waals surface area contributed by atoms with E-state index < -0.39 is 6.04 Å². The summed E-state index contributed by atoms with van der Waals surface area (Å²) in [4.78, 5) is 25.3. The summed E-state index contributed by atoms with van der Waals surface area (Å²) in [5.41, 5.74) is 2.89. The predicted octanol–water partition coefficient (Wildman–Crippen LogP) is 4.24. The van der Waals surface area contributed by atoms with Crippen molar-refractivity contribution in [3.63, 3.8) is 0 Å². The minimum atomic E-state index is -0.436. The lowest BCUT2D eigenvalue weighted by Gasteiger charge is -2.16. The maximum absolute atomic E-state index is 12.7. The molecule has 8 heteroatoms. The molecule has 0 spiro atoms. The van der Waals surface area contributed by atoms with Gasteiger partial charge in [0.25, 0.3) is 5.91 Å². The van der Waals surface area contributed by atoms with Crippen molar-refractivity contribution in [2.75, 3.05) is 7.11 Å². The van der Waals surface area contributed by atoms with Crippen molar-refractivity contribution in [2.24, 2.45) is 0 Å². The Morgan fingerprint density at radius 1 is 1.25 bits per heavy atom. The first-order valence-corrected chi connectivity index (χ1v) is 9.89. The van der Waals surface area contributed by atoms with Gasteiger partial charge in [0.2, 0.25) is 0 Å². The molecule has 0 fully saturated rings. The summed E-state index contributed by atoms with van der Waals surface area (Å²) in [7, 11) is 1.33. The van der Waals surface area contributed by atoms with Crippen LogP contribution in [0.3, 0.4) is 0 Å². The van der Waals surface area contributed by atoms with Crippen molar-refractivity contribution >= 4 is 34.8 Å². The lowest BCUT2D eigenvalue weighted by atomic mass is 10.1. The molecule has 6 nitrogen and oxygen atoms in total. The summed E-state index contributed by atoms with van der Waals surface area (Å²) < 4.78 is 6.49. The van der Waals surface area contributed by atoms with E-state index in [-0.39, 0.29) is 18.3 Å². The first-order valence-electron chi connectivity index (χ1n) is 8.64. The second-order valence-corrected chi connectivity index (χ2v) is 7.62. The molecule has 0 radical (unpaired) electrons. The number of nitrogens with one attached hydrogen (secondary N) is 1. The van der Waals surface area contributed by atoms with E-state index in [0.29, 0.717) is 10.6 Å². The average Bonchev–Trinajstić information content (AvgIpc) is 3.32. The van der Waals surface area contributed by atoms with Crippen LogP contribution in [0.15, 0.2) is 41.8 Å². The van der Waals surface area contributed by atoms with E-state index in [1.54, 1.807) is 16.8 Å². The molecule has 1 atom stereocenters. The number of esters is 1. The van der Waals surface area contributed by atoms with Gasteiger partial charge < -0.3 is 10.1 Å². The Morgan fingerprint density at radius 2 is 1.96 bits per heavy atom. The number of amides is 1. The monoisotopic (exact) mass is 417 g/mol. The largest absolute Gasteiger partial charge is 0.469 e. The van der Waals surface area contributed by atoms with Crippen LogP contribution in [0, 0.1) is 13.8 Å². The summed E-state index contributed by atoms with van der Waals surface area (Å²) in [6, 6.07) is 10.4. The highest BCUT2D eigenvalue weighted by Crippen LogP contribution is 2.24. The molecule has 1 N–H and O–H groups in total. The number of halogens is 1. The topological polar surface area (TPSA) is 73.2 Å². The smallest absolute Gasteiger partial charge is 0.307 e. The van der Waals surface area contributed by atoms with Crippen LogP contribution in [0.2, 0.25) is 5.02 Å². The fraction of sp³-hybridized carbons (Fsp3) is 0.250. The second-order valence-electron chi connectivity index (χ2n) is 6.27. The SMILES string of the molecule is COC(=O)CC(NC(=O)c1ccc(-n2nc(C)c(Cl)c2C)cc1)c1cccs1. The number of hydrogen-bond acceptors (Lipinski definition) is 5. The molecular formula is C20H20ClN3O3S. The number of carbonyl (C=O) groups is 2. The van der Waals surface area contributed by atoms with E-state index in [1.807, 2.05) is 43.5 Å². The van der Waals surface area contributed by atoms with Crippen molar-refractivity contribution in [3.05, 3.63) is 68.6 Å². The molecule has 0 saturated carbocycles. The molecule has 0 saturated heterocycles. The van der Waals surface area contributed by atoms with Crippen molar-refractivity contribution in [2.45, 2.75) is 26.3 Å². The number of rotatable bonds is 6. The number of carbonyl (C=O) groups excluding carboxylic acids is 2. The third-order valence-electron chi connectivity index (χ3n) is 4.37. The first-order chi connectivity index (χ1) is 13.4. The molecule has 0 aliphatic heterocycles. The summed E-state index contributed by atoms with van der Waals surface area (Å²) in [5.74, 6) is -0.643. The van der Waals surface area contributed by atoms with Crippen LogP contribution in [0.1, 0.15) is 39.1 Å². The van der Waals surface area contributed by atoms with Gasteiger partial charge >= 0.3 is 5.97 Å². The number of aryl methyl sites for hydroxylation is 1. The van der Waals surface area contributed by atoms with Gasteiger partial charge in [-0.1, -0.05) is 17.7 Å². The van der Waals surface area contributed by atoms with Crippen LogP contribution in [-0.4, -0.2) is 28.8 Å². The predicted molar refractivity (Wildman–Crippen MR) is 109 cm³/mol. The lowest BCUT2D eigenvalue weighted by molar-refractivity contribution is -0.141. The van der Waals surface area contributed by atoms with Gasteiger partial charge in [-0.3, -0.25) is 9.59 Å². The number of methoxy groups -OCH3 is 1. The Morgan fingerprint density at radius 3 is 2.50 bits per heavy atom. The van der Waals surface area contributed by atoms with Gasteiger partial charge in [0, 0.05) is 10.4 Å². The van der Waals surface area contributed by atoms with Gasteiger partial charge in [0.1, 0.15) is 0 Å². The maximum atomic E-state index is 12.7. The first kappa shape index (κ1) is 20.1. The van der Waals surface area contributed by atoms with Crippen LogP contribution in [-0.2, 0) is 9.53 Å². The standard InChI is InChI=1S/C20H20ClN3O3S/c1-12-19(21)13(2)24(23-12)15-8-6-14(7-9-15)20(26)22-16(11-18(25)27-3)17-5-4-10-28-17/h4-10,16H,11H2,1-3H3,(H,22,26). The van der Waals surface area contributed by atoms with E-state index in [9.17, 15) is 9.59 Å². The molecule has 3 aromatic rings. The van der Waals surface area contributed by atoms with Gasteiger partial charge in [-0.2, -0.15) is 5.10 Å². The summed E-state index contributed by atoms with van der Waals surface area (Å²) in [6.07, 6.45) is 0.0745. The maximum Gasteiger partial charge on any atom is 0.307 e. The van der Waals surface area contributed by atoms with E-state index >= 15 is 0 Å². The molecule has 1 unspecified atom stereocenters. The fourth-order valence-electron chi connectivity index (χ4n) is 2.83. The van der Waals surface area contributed by atoms with Crippen molar-refractivity contribution in [1.82, 2.24) is 15.1 Å². The molecule has 0 aliphatic carbocycles. The highest BCUT2D eigenvalue weighted by Gasteiger charge is 2.21. The average molecular weight is 418 g/mol. The van der Waals surface area contributed by atoms with Gasteiger partial charge in [-0.25, -0.2) is 4.68 Å². The highest BCUT2D eigenvalue weighted by molar-refractivity contribution is 7.10. The zero-order chi connectivity index (χ0) is 20.3. The quantitative estimate of drug-likeness (QED) is 0.609. The number of aromatic nitrogens is 2. The Bertz CT molecular complexity index is 981. The minimum Gasteiger partial charge on any atom is -0.469 e. The molecule has 0 aliphatic rings. The highest BCUT2D eigenvalue weighted by atomic mass is 35.5. The van der Waals surface area contributed by atoms with E-state index in [0.717, 1.165) is 22.0 Å². The van der Waals surface area contributed by atoms with E-state index in [1.165, 1.54) is 18.4 Å². The van der Waals surface area contributed by atoms with Crippen molar-refractivity contribution in [3.8, 4) is 5.69 Å². The molecule has 3 rings (SSSR count). The normalized spacial score (nSPS) is 11.9. The molecule has 0 bridgehead atoms. The van der Waals surface area contributed by atoms with Crippen LogP contribution >= 0.6 is 22.9 Å². The van der Waals surface area contributed by atoms with Crippen LogP contribution in [0.25, 0.3) is 5.69 Å². The Kier molecular flexibility index (Phi) is 6.16. The fourth-order valence-corrected chi connectivity index (χ4v) is 3.73. The summed E-state index contributed by atoms with van der Waals surface area (Å²) in [6.45, 7) is 3.74. The van der Waals surface area contributed by atoms with Gasteiger partial charge in [0.05, 0.1) is 41.7 Å². The Labute approximate surface area is 172 Å². The second kappa shape index (κ2) is 8.58. The molecule has 1 amide bonds. The van der Waals surface area contributed by atoms with Gasteiger partial charge in [0.15, 0.2) is 0 Å². The lowest BCUT2D eigenvalue weighted by Crippen LogP contribution is -2.30. The van der Waals surface area contributed by atoms with Crippen LogP contribution in [0.5, 0.6) is 0 Å². The van der Waals surface area contributed by atoms with Gasteiger partial charge in [-0.15, -0.1) is 11.3 Å². The number of benzene rings is 1.